The second-order valence-electron chi connectivity index (χ2n) is 4.43. The molecule has 0 spiro atoms. The lowest BCUT2D eigenvalue weighted by atomic mass is 9.92. The Kier molecular flexibility index (Phi) is 1.59. The zero-order chi connectivity index (χ0) is 22.3. The molecule has 0 radical (unpaired) electrons. The lowest BCUT2D eigenvalue weighted by Crippen LogP contribution is -2.36. The number of aromatic nitrogens is 2. The van der Waals surface area contributed by atoms with E-state index < -0.39 is 77.3 Å². The van der Waals surface area contributed by atoms with Crippen LogP contribution in [0.25, 0.3) is 10.9 Å². The molecule has 1 aliphatic carbocycles. The molecule has 6 heteroatoms. The Hall–Kier alpha value is -2.50. The molecule has 0 amide bonds. The first-order chi connectivity index (χ1) is 13.1. The van der Waals surface area contributed by atoms with Crippen molar-refractivity contribution in [2.75, 3.05) is 5.73 Å². The third-order valence-electron chi connectivity index (χ3n) is 3.03. The van der Waals surface area contributed by atoms with Gasteiger partial charge in [0.2, 0.25) is 0 Å². The van der Waals surface area contributed by atoms with Crippen molar-refractivity contribution in [3.05, 3.63) is 34.3 Å². The molecule has 21 heavy (non-hydrogen) atoms. The van der Waals surface area contributed by atoms with E-state index in [4.69, 9.17) is 16.7 Å². The van der Waals surface area contributed by atoms with E-state index in [1.807, 2.05) is 0 Å². The van der Waals surface area contributed by atoms with Gasteiger partial charge in [-0.1, -0.05) is 6.04 Å². The summed E-state index contributed by atoms with van der Waals surface area (Å²) in [6, 6.07) is -5.03. The van der Waals surface area contributed by atoms with Crippen molar-refractivity contribution in [1.29, 1.82) is 0 Å². The van der Waals surface area contributed by atoms with Crippen molar-refractivity contribution in [2.45, 2.75) is 32.1 Å². The van der Waals surface area contributed by atoms with Crippen molar-refractivity contribution in [1.82, 2.24) is 9.55 Å². The van der Waals surface area contributed by atoms with Gasteiger partial charge in [-0.15, -0.1) is 0 Å². The normalized spacial score (nSPS) is 33.0. The molecule has 1 aromatic carbocycles. The third kappa shape index (κ3) is 2.12. The highest BCUT2D eigenvalue weighted by molar-refractivity contribution is 6.03. The van der Waals surface area contributed by atoms with Gasteiger partial charge >= 0.3 is 0 Å². The summed E-state index contributed by atoms with van der Waals surface area (Å²) in [6.45, 7) is 1.14. The van der Waals surface area contributed by atoms with Crippen LogP contribution in [0.3, 0.4) is 0 Å². The van der Waals surface area contributed by atoms with E-state index in [1.165, 1.54) is 0 Å². The summed E-state index contributed by atoms with van der Waals surface area (Å²) >= 11 is 0. The van der Waals surface area contributed by atoms with Crippen LogP contribution < -0.4 is 11.3 Å². The molecular weight excluding hydrogens is 270 g/mol. The van der Waals surface area contributed by atoms with Gasteiger partial charge in [0.25, 0.3) is 5.56 Å². The fourth-order valence-corrected chi connectivity index (χ4v) is 2.10. The van der Waals surface area contributed by atoms with Gasteiger partial charge in [-0.2, -0.15) is 0 Å². The van der Waals surface area contributed by atoms with Crippen LogP contribution in [0.2, 0.25) is 0 Å². The minimum Gasteiger partial charge on any atom is -0.398 e. The van der Waals surface area contributed by atoms with Crippen LogP contribution >= 0.6 is 0 Å². The van der Waals surface area contributed by atoms with Crippen molar-refractivity contribution in [2.24, 2.45) is 0 Å². The summed E-state index contributed by atoms with van der Waals surface area (Å²) in [7, 11) is 0. The molecule has 0 unspecified atom stereocenters. The fraction of sp³-hybridized carbons (Fsp3) is 0.333. The van der Waals surface area contributed by atoms with E-state index in [-0.39, 0.29) is 5.52 Å². The molecule has 0 aliphatic heterocycles. The maximum atomic E-state index is 13.2. The zero-order valence-corrected chi connectivity index (χ0v) is 10.9. The van der Waals surface area contributed by atoms with Crippen molar-refractivity contribution in [3.8, 4) is 0 Å². The Labute approximate surface area is 131 Å². The number of nitrogen functional groups attached to an aromatic ring is 1. The van der Waals surface area contributed by atoms with Gasteiger partial charge < -0.3 is 5.73 Å². The molecular formula is C15H15N3O3. The van der Waals surface area contributed by atoms with Gasteiger partial charge in [-0.3, -0.25) is 19.0 Å². The van der Waals surface area contributed by atoms with Crippen LogP contribution in [0, 0.1) is 6.92 Å². The Balaban J connectivity index is 2.52. The maximum Gasteiger partial charge on any atom is 0.264 e. The number of fused-ring (bicyclic) bond motifs is 1. The molecule has 6 nitrogen and oxygen atoms in total. The van der Waals surface area contributed by atoms with E-state index in [9.17, 15) is 14.4 Å². The lowest BCUT2D eigenvalue weighted by Gasteiger charge is -2.24. The Morgan fingerprint density at radius 3 is 3.00 bits per heavy atom. The number of hydrogen-bond acceptors (Lipinski definition) is 5. The predicted molar refractivity (Wildman–Crippen MR) is 78.1 cm³/mol. The molecule has 0 saturated heterocycles. The number of hydrogen-bond donors (Lipinski definition) is 1. The second kappa shape index (κ2) is 4.80. The van der Waals surface area contributed by atoms with Gasteiger partial charge in [-0.25, -0.2) is 4.98 Å². The molecule has 2 N–H and O–H groups in total. The Bertz CT molecular complexity index is 1180. The molecule has 108 valence electrons. The molecule has 0 bridgehead atoms. The van der Waals surface area contributed by atoms with E-state index in [2.05, 4.69) is 4.98 Å². The number of nitrogens with zero attached hydrogens (tertiary/aromatic N) is 2. The van der Waals surface area contributed by atoms with Crippen molar-refractivity contribution >= 4 is 28.2 Å². The van der Waals surface area contributed by atoms with E-state index in [0.29, 0.717) is 4.57 Å². The number of aryl methyl sites for hydroxylation is 1. The van der Waals surface area contributed by atoms with E-state index >= 15 is 0 Å². The quantitative estimate of drug-likeness (QED) is 0.628. The van der Waals surface area contributed by atoms with Crippen LogP contribution in [-0.2, 0) is 9.59 Å². The average molecular weight is 293 g/mol. The van der Waals surface area contributed by atoms with Gasteiger partial charge in [0.1, 0.15) is 11.6 Å². The van der Waals surface area contributed by atoms with Crippen molar-refractivity contribution in [3.63, 3.8) is 0 Å². The number of nitrogens with two attached hydrogens (primary N) is 1. The maximum absolute atomic E-state index is 13.2. The zero-order valence-electron chi connectivity index (χ0n) is 18.9. The minimum absolute atomic E-state index is 0.306. The number of carbonyl (C=O) groups is 2. The minimum atomic E-state index is -3.45. The first-order valence-electron chi connectivity index (χ1n) is 9.98. The van der Waals surface area contributed by atoms with Crippen LogP contribution in [0.1, 0.15) is 42.0 Å². The summed E-state index contributed by atoms with van der Waals surface area (Å²) in [5, 5.41) is -0.561. The third-order valence-corrected chi connectivity index (χ3v) is 3.03. The fourth-order valence-electron chi connectivity index (χ4n) is 2.10. The first kappa shape index (κ1) is 6.98. The molecule has 3 rings (SSSR count). The SMILES string of the molecule is [2H]c1c([2H])c(N)c2c(=O)n([C@]3([2H])C(=O)CC(=O)C([2H])([2H])C3([2H])[2H])c(C)nc2c1[2H]. The lowest BCUT2D eigenvalue weighted by molar-refractivity contribution is -0.132. The van der Waals surface area contributed by atoms with Crippen LogP contribution in [-0.4, -0.2) is 21.1 Å². The first-order valence-corrected chi connectivity index (χ1v) is 5.98. The van der Waals surface area contributed by atoms with Crippen molar-refractivity contribution < 1.29 is 20.6 Å². The number of rotatable bonds is 1. The number of benzene rings is 1. The summed E-state index contributed by atoms with van der Waals surface area (Å²) in [5.74, 6) is -3.11. The summed E-state index contributed by atoms with van der Waals surface area (Å²) in [5.41, 5.74) is 3.59. The van der Waals surface area contributed by atoms with Crippen LogP contribution in [0.5, 0.6) is 0 Å². The molecule has 1 fully saturated rings. The second-order valence-corrected chi connectivity index (χ2v) is 4.43. The summed E-state index contributed by atoms with van der Waals surface area (Å²) < 4.78 is 64.1. The van der Waals surface area contributed by atoms with Crippen LogP contribution in [0.4, 0.5) is 5.69 Å². The number of Topliss-reactive ketones (excluding diaryl/α,β-unsaturated/α-hetero) is 2. The van der Waals surface area contributed by atoms with E-state index in [0.717, 1.165) is 6.92 Å². The molecule has 2 aromatic rings. The molecule has 1 saturated carbocycles. The number of ketones is 2. The van der Waals surface area contributed by atoms with Gasteiger partial charge in [-0.05, 0) is 25.4 Å². The standard InChI is InChI=1S/C15H15N3O3/c1-8-17-11-4-2-3-10(16)14(11)15(21)18(8)12-6-5-9(19)7-13(12)20/h2-4,12H,5-7,16H2,1H3/t12-/m0/s1/i2D,3D,4D,5D2,6D2,12D. The van der Waals surface area contributed by atoms with Gasteiger partial charge in [0, 0.05) is 17.5 Å². The highest BCUT2D eigenvalue weighted by atomic mass is 16.2. The Morgan fingerprint density at radius 1 is 1.48 bits per heavy atom. The monoisotopic (exact) mass is 293 g/mol. The average Bonchev–Trinajstić information content (AvgIpc) is 2.62. The molecule has 1 aliphatic rings. The highest BCUT2D eigenvalue weighted by Crippen LogP contribution is 2.24. The summed E-state index contributed by atoms with van der Waals surface area (Å²) in [4.78, 5) is 41.6. The largest absolute Gasteiger partial charge is 0.398 e. The Morgan fingerprint density at radius 2 is 2.24 bits per heavy atom. The smallest absolute Gasteiger partial charge is 0.264 e. The number of carbonyl (C=O) groups excluding carboxylic acids is 2. The molecule has 1 aromatic heterocycles. The molecule has 1 atom stereocenters. The summed E-state index contributed by atoms with van der Waals surface area (Å²) in [6.07, 6.45) is -7.80. The van der Waals surface area contributed by atoms with Crippen LogP contribution in [0.15, 0.2) is 22.9 Å². The van der Waals surface area contributed by atoms with Gasteiger partial charge in [0.15, 0.2) is 5.78 Å². The molecule has 1 heterocycles. The highest BCUT2D eigenvalue weighted by Gasteiger charge is 2.30. The predicted octanol–water partition coefficient (Wildman–Crippen LogP) is 1.15. The number of anilines is 1. The topological polar surface area (TPSA) is 95.0 Å². The van der Waals surface area contributed by atoms with Gasteiger partial charge in [0.05, 0.1) is 28.8 Å². The van der Waals surface area contributed by atoms with E-state index in [1.54, 1.807) is 0 Å².